The number of halogens is 1. The largest absolute Gasteiger partial charge is 0.478 e. The number of carbonyl (C=O) groups is 2. The number of benzene rings is 1. The molecule has 2 aliphatic rings. The van der Waals surface area contributed by atoms with Crippen LogP contribution in [0.25, 0.3) is 0 Å². The van der Waals surface area contributed by atoms with E-state index in [0.717, 1.165) is 4.90 Å². The molecule has 0 aromatic heterocycles. The molecule has 24 heavy (non-hydrogen) atoms. The van der Waals surface area contributed by atoms with Crippen LogP contribution >= 0.6 is 27.7 Å². The molecule has 0 radical (unpaired) electrons. The van der Waals surface area contributed by atoms with Gasteiger partial charge in [0, 0.05) is 4.47 Å². The lowest BCUT2D eigenvalue weighted by Gasteiger charge is -2.44. The van der Waals surface area contributed by atoms with E-state index in [9.17, 15) is 23.1 Å². The Morgan fingerprint density at radius 2 is 1.96 bits per heavy atom. The fourth-order valence-electron chi connectivity index (χ4n) is 2.91. The first-order valence-electron chi connectivity index (χ1n) is 6.96. The molecule has 2 aliphatic heterocycles. The second kappa shape index (κ2) is 5.45. The lowest BCUT2D eigenvalue weighted by Crippen LogP contribution is -2.68. The fourth-order valence-corrected chi connectivity index (χ4v) is 6.14. The molecule has 0 aliphatic carbocycles. The molecule has 0 unspecified atom stereocenters. The molecular formula is C14H14BrNO6S2. The van der Waals surface area contributed by atoms with E-state index in [0.29, 0.717) is 4.47 Å². The van der Waals surface area contributed by atoms with Crippen molar-refractivity contribution in [2.24, 2.45) is 0 Å². The highest BCUT2D eigenvalue weighted by atomic mass is 79.9. The van der Waals surface area contributed by atoms with E-state index in [4.69, 9.17) is 4.18 Å². The predicted octanol–water partition coefficient (Wildman–Crippen LogP) is 2.02. The van der Waals surface area contributed by atoms with Crippen molar-refractivity contribution in [2.75, 3.05) is 0 Å². The molecule has 0 spiro atoms. The SMILES string of the molecule is CC1(C)S[C@@H]2CC(=O)N2[C@@]1(OS(=O)(=O)c1ccc(Br)cc1)C(=O)O. The number of amides is 1. The summed E-state index contributed by atoms with van der Waals surface area (Å²) in [7, 11) is -4.39. The van der Waals surface area contributed by atoms with Crippen LogP contribution in [-0.4, -0.2) is 46.1 Å². The van der Waals surface area contributed by atoms with Crippen molar-refractivity contribution >= 4 is 49.7 Å². The third-order valence-corrected chi connectivity index (χ3v) is 7.47. The summed E-state index contributed by atoms with van der Waals surface area (Å²) in [6, 6.07) is 5.63. The minimum Gasteiger partial charge on any atom is -0.478 e. The molecule has 1 aromatic rings. The number of carbonyl (C=O) groups excluding carboxylic acids is 1. The second-order valence-corrected chi connectivity index (χ2v) is 10.3. The highest BCUT2D eigenvalue weighted by Crippen LogP contribution is 2.57. The predicted molar refractivity (Wildman–Crippen MR) is 89.7 cm³/mol. The molecule has 3 rings (SSSR count). The number of carboxylic acids is 1. The van der Waals surface area contributed by atoms with Gasteiger partial charge in [-0.1, -0.05) is 15.9 Å². The van der Waals surface area contributed by atoms with Crippen LogP contribution in [-0.2, 0) is 23.9 Å². The van der Waals surface area contributed by atoms with Gasteiger partial charge in [0.25, 0.3) is 15.8 Å². The minimum atomic E-state index is -4.39. The van der Waals surface area contributed by atoms with Crippen molar-refractivity contribution in [3.05, 3.63) is 28.7 Å². The van der Waals surface area contributed by atoms with Gasteiger partial charge in [0.2, 0.25) is 5.91 Å². The van der Waals surface area contributed by atoms with Gasteiger partial charge in [0.1, 0.15) is 0 Å². The van der Waals surface area contributed by atoms with Crippen LogP contribution in [0.2, 0.25) is 0 Å². The van der Waals surface area contributed by atoms with Gasteiger partial charge >= 0.3 is 5.97 Å². The summed E-state index contributed by atoms with van der Waals surface area (Å²) in [4.78, 5) is 24.8. The third kappa shape index (κ3) is 2.39. The van der Waals surface area contributed by atoms with E-state index >= 15 is 0 Å². The van der Waals surface area contributed by atoms with Crippen LogP contribution in [0, 0.1) is 0 Å². The molecule has 0 bridgehead atoms. The lowest BCUT2D eigenvalue weighted by atomic mass is 9.94. The maximum atomic E-state index is 12.6. The van der Waals surface area contributed by atoms with Crippen LogP contribution in [0.4, 0.5) is 0 Å². The first-order valence-corrected chi connectivity index (χ1v) is 10.0. The summed E-state index contributed by atoms with van der Waals surface area (Å²) in [6.45, 7) is 3.13. The number of rotatable bonds is 4. The topological polar surface area (TPSA) is 101 Å². The number of hydrogen-bond donors (Lipinski definition) is 1. The number of nitrogens with zero attached hydrogens (tertiary/aromatic N) is 1. The van der Waals surface area contributed by atoms with Crippen molar-refractivity contribution < 1.29 is 27.3 Å². The monoisotopic (exact) mass is 435 g/mol. The molecular weight excluding hydrogens is 422 g/mol. The molecule has 1 amide bonds. The van der Waals surface area contributed by atoms with Crippen molar-refractivity contribution in [3.8, 4) is 0 Å². The maximum absolute atomic E-state index is 12.6. The fraction of sp³-hybridized carbons (Fsp3) is 0.429. The molecule has 10 heteroatoms. The van der Waals surface area contributed by atoms with Crippen LogP contribution in [0.15, 0.2) is 33.6 Å². The second-order valence-electron chi connectivity index (χ2n) is 5.99. The van der Waals surface area contributed by atoms with Gasteiger partial charge in [-0.2, -0.15) is 8.42 Å². The van der Waals surface area contributed by atoms with Gasteiger partial charge in [-0.05, 0) is 38.1 Å². The molecule has 2 heterocycles. The highest BCUT2D eigenvalue weighted by Gasteiger charge is 2.72. The quantitative estimate of drug-likeness (QED) is 0.569. The first kappa shape index (κ1) is 17.7. The Morgan fingerprint density at radius 3 is 2.46 bits per heavy atom. The summed E-state index contributed by atoms with van der Waals surface area (Å²) < 4.78 is 30.0. The zero-order valence-electron chi connectivity index (χ0n) is 12.7. The van der Waals surface area contributed by atoms with Gasteiger partial charge < -0.3 is 5.11 Å². The van der Waals surface area contributed by atoms with Crippen molar-refractivity contribution in [3.63, 3.8) is 0 Å². The van der Waals surface area contributed by atoms with Crippen molar-refractivity contribution in [2.45, 2.75) is 41.0 Å². The summed E-state index contributed by atoms with van der Waals surface area (Å²) in [5.74, 6) is -1.94. The Hall–Kier alpha value is -1.10. The normalized spacial score (nSPS) is 28.4. The Balaban J connectivity index is 2.08. The molecule has 2 saturated heterocycles. The van der Waals surface area contributed by atoms with Gasteiger partial charge in [-0.15, -0.1) is 11.8 Å². The summed E-state index contributed by atoms with van der Waals surface area (Å²) >= 11 is 4.42. The number of thioether (sulfide) groups is 1. The van der Waals surface area contributed by atoms with E-state index in [2.05, 4.69) is 15.9 Å². The van der Waals surface area contributed by atoms with Gasteiger partial charge in [-0.3, -0.25) is 9.69 Å². The molecule has 130 valence electrons. The summed E-state index contributed by atoms with van der Waals surface area (Å²) in [5.41, 5.74) is -2.27. The summed E-state index contributed by atoms with van der Waals surface area (Å²) in [6.07, 6.45) is 0.171. The molecule has 1 aromatic carbocycles. The average Bonchev–Trinajstić information content (AvgIpc) is 2.62. The van der Waals surface area contributed by atoms with Crippen LogP contribution in [0.1, 0.15) is 20.3 Å². The summed E-state index contributed by atoms with van der Waals surface area (Å²) in [5, 5.41) is 9.39. The Kier molecular flexibility index (Phi) is 4.02. The molecule has 1 N–H and O–H groups in total. The molecule has 2 fully saturated rings. The number of fused-ring (bicyclic) bond motifs is 1. The third-order valence-electron chi connectivity index (χ3n) is 4.11. The first-order chi connectivity index (χ1) is 11.0. The van der Waals surface area contributed by atoms with E-state index < -0.39 is 37.8 Å². The number of aliphatic carboxylic acids is 1. The Bertz CT molecular complexity index is 822. The highest BCUT2D eigenvalue weighted by molar-refractivity contribution is 9.10. The van der Waals surface area contributed by atoms with Crippen molar-refractivity contribution in [1.82, 2.24) is 4.90 Å². The molecule has 2 atom stereocenters. The zero-order chi connectivity index (χ0) is 17.9. The van der Waals surface area contributed by atoms with Crippen LogP contribution in [0.5, 0.6) is 0 Å². The van der Waals surface area contributed by atoms with E-state index in [1.165, 1.54) is 36.0 Å². The number of hydrogen-bond acceptors (Lipinski definition) is 6. The van der Waals surface area contributed by atoms with Gasteiger partial charge in [0.15, 0.2) is 0 Å². The van der Waals surface area contributed by atoms with E-state index in [-0.39, 0.29) is 11.3 Å². The van der Waals surface area contributed by atoms with Crippen LogP contribution < -0.4 is 0 Å². The number of carboxylic acid groups (broad SMARTS) is 1. The zero-order valence-corrected chi connectivity index (χ0v) is 15.9. The Morgan fingerprint density at radius 1 is 1.38 bits per heavy atom. The minimum absolute atomic E-state index is 0.171. The Labute approximate surface area is 151 Å². The van der Waals surface area contributed by atoms with E-state index in [1.54, 1.807) is 13.8 Å². The van der Waals surface area contributed by atoms with Crippen LogP contribution in [0.3, 0.4) is 0 Å². The number of β-lactam (4-membered cyclic amide) rings is 1. The molecule has 0 saturated carbocycles. The van der Waals surface area contributed by atoms with Gasteiger partial charge in [0.05, 0.1) is 21.4 Å². The average molecular weight is 436 g/mol. The lowest BCUT2D eigenvalue weighted by molar-refractivity contribution is -0.194. The molecule has 7 nitrogen and oxygen atoms in total. The van der Waals surface area contributed by atoms with E-state index in [1.807, 2.05) is 0 Å². The van der Waals surface area contributed by atoms with Crippen molar-refractivity contribution in [1.29, 1.82) is 0 Å². The van der Waals surface area contributed by atoms with Gasteiger partial charge in [-0.25, -0.2) is 8.98 Å². The standard InChI is InChI=1S/C14H14BrNO6S2/c1-13(2)14(12(18)19,16-10(17)7-11(16)23-13)22-24(20,21)9-5-3-8(15)4-6-9/h3-6,11H,7H2,1-2H3,(H,18,19)/t11-,14-/m1/s1. The maximum Gasteiger partial charge on any atom is 0.360 e. The smallest absolute Gasteiger partial charge is 0.360 e.